The van der Waals surface area contributed by atoms with E-state index in [0.29, 0.717) is 12.0 Å². The Morgan fingerprint density at radius 3 is 2.93 bits per heavy atom. The van der Waals surface area contributed by atoms with Gasteiger partial charge in [-0.1, -0.05) is 0 Å². The van der Waals surface area contributed by atoms with E-state index in [1.807, 2.05) is 11.8 Å². The van der Waals surface area contributed by atoms with E-state index in [2.05, 4.69) is 31.2 Å². The molecule has 1 fully saturated rings. The van der Waals surface area contributed by atoms with E-state index in [1.165, 1.54) is 24.3 Å². The van der Waals surface area contributed by atoms with E-state index in [1.54, 1.807) is 6.20 Å². The number of halogens is 1. The first-order chi connectivity index (χ1) is 7.25. The van der Waals surface area contributed by atoms with Crippen molar-refractivity contribution >= 4 is 39.5 Å². The quantitative estimate of drug-likeness (QED) is 0.873. The molecule has 1 aromatic rings. The molecule has 15 heavy (non-hydrogen) atoms. The Bertz CT molecular complexity index is 341. The second kappa shape index (κ2) is 5.03. The van der Waals surface area contributed by atoms with Crippen molar-refractivity contribution in [2.45, 2.75) is 18.9 Å². The van der Waals surface area contributed by atoms with Crippen molar-refractivity contribution in [3.63, 3.8) is 0 Å². The molecular weight excluding hydrogens is 276 g/mol. The summed E-state index contributed by atoms with van der Waals surface area (Å²) >= 11 is 5.42. The van der Waals surface area contributed by atoms with Crippen LogP contribution >= 0.6 is 27.7 Å². The maximum atomic E-state index is 5.55. The van der Waals surface area contributed by atoms with Gasteiger partial charge in [-0.15, -0.1) is 0 Å². The van der Waals surface area contributed by atoms with Gasteiger partial charge in [-0.3, -0.25) is 0 Å². The van der Waals surface area contributed by atoms with Gasteiger partial charge in [0.2, 0.25) is 5.95 Å². The van der Waals surface area contributed by atoms with Gasteiger partial charge in [0, 0.05) is 12.2 Å². The fourth-order valence-corrected chi connectivity index (χ4v) is 2.93. The molecular formula is C9H13BrN4S. The molecule has 6 heteroatoms. The van der Waals surface area contributed by atoms with Gasteiger partial charge in [0.05, 0.1) is 4.47 Å². The number of rotatable bonds is 2. The van der Waals surface area contributed by atoms with Crippen molar-refractivity contribution in [3.8, 4) is 0 Å². The first-order valence-electron chi connectivity index (χ1n) is 4.88. The van der Waals surface area contributed by atoms with Crippen molar-refractivity contribution in [1.29, 1.82) is 0 Å². The van der Waals surface area contributed by atoms with E-state index >= 15 is 0 Å². The van der Waals surface area contributed by atoms with Gasteiger partial charge in [0.25, 0.3) is 0 Å². The lowest BCUT2D eigenvalue weighted by Crippen LogP contribution is -2.25. The second-order valence-corrected chi connectivity index (χ2v) is 5.53. The van der Waals surface area contributed by atoms with Crippen molar-refractivity contribution in [3.05, 3.63) is 10.7 Å². The predicted octanol–water partition coefficient (Wildman–Crippen LogP) is 2.13. The highest BCUT2D eigenvalue weighted by molar-refractivity contribution is 9.10. The standard InChI is InChI=1S/C9H13BrN4S/c10-7-5-12-9(11)14-8(7)13-6-1-3-15-4-2-6/h5-6H,1-4H2,(H3,11,12,13,14). The van der Waals surface area contributed by atoms with Gasteiger partial charge in [-0.05, 0) is 40.3 Å². The average Bonchev–Trinajstić information content (AvgIpc) is 2.25. The molecule has 2 heterocycles. The van der Waals surface area contributed by atoms with Crippen LogP contribution in [-0.4, -0.2) is 27.5 Å². The average molecular weight is 289 g/mol. The Labute approximate surface area is 102 Å². The monoisotopic (exact) mass is 288 g/mol. The molecule has 0 unspecified atom stereocenters. The van der Waals surface area contributed by atoms with Gasteiger partial charge >= 0.3 is 0 Å². The maximum Gasteiger partial charge on any atom is 0.221 e. The van der Waals surface area contributed by atoms with Crippen LogP contribution in [0.1, 0.15) is 12.8 Å². The molecule has 0 amide bonds. The van der Waals surface area contributed by atoms with Crippen LogP contribution in [0.25, 0.3) is 0 Å². The molecule has 82 valence electrons. The van der Waals surface area contributed by atoms with Crippen LogP contribution in [0, 0.1) is 0 Å². The van der Waals surface area contributed by atoms with Crippen LogP contribution in [0.3, 0.4) is 0 Å². The first-order valence-corrected chi connectivity index (χ1v) is 6.83. The zero-order valence-corrected chi connectivity index (χ0v) is 10.6. The molecule has 3 N–H and O–H groups in total. The molecule has 1 aliphatic rings. The van der Waals surface area contributed by atoms with E-state index in [9.17, 15) is 0 Å². The molecule has 0 spiro atoms. The minimum atomic E-state index is 0.311. The zero-order chi connectivity index (χ0) is 10.7. The minimum Gasteiger partial charge on any atom is -0.368 e. The zero-order valence-electron chi connectivity index (χ0n) is 8.24. The van der Waals surface area contributed by atoms with Gasteiger partial charge in [-0.25, -0.2) is 4.98 Å². The SMILES string of the molecule is Nc1ncc(Br)c(NC2CCSCC2)n1. The summed E-state index contributed by atoms with van der Waals surface area (Å²) in [6, 6.07) is 0.511. The minimum absolute atomic E-state index is 0.311. The lowest BCUT2D eigenvalue weighted by Gasteiger charge is -2.23. The molecule has 0 aromatic carbocycles. The van der Waals surface area contributed by atoms with Crippen LogP contribution in [-0.2, 0) is 0 Å². The van der Waals surface area contributed by atoms with Crippen LogP contribution in [0.5, 0.6) is 0 Å². The van der Waals surface area contributed by atoms with E-state index < -0.39 is 0 Å². The number of thioether (sulfide) groups is 1. The molecule has 0 radical (unpaired) electrons. The highest BCUT2D eigenvalue weighted by atomic mass is 79.9. The summed E-state index contributed by atoms with van der Waals surface area (Å²) in [5.41, 5.74) is 5.55. The predicted molar refractivity (Wildman–Crippen MR) is 68.1 cm³/mol. The topological polar surface area (TPSA) is 63.8 Å². The third-order valence-corrected chi connectivity index (χ3v) is 3.95. The second-order valence-electron chi connectivity index (χ2n) is 3.46. The summed E-state index contributed by atoms with van der Waals surface area (Å²) < 4.78 is 0.870. The summed E-state index contributed by atoms with van der Waals surface area (Å²) in [6.07, 6.45) is 4.05. The number of anilines is 2. The number of nitrogen functional groups attached to an aromatic ring is 1. The van der Waals surface area contributed by atoms with Crippen molar-refractivity contribution in [2.24, 2.45) is 0 Å². The first kappa shape index (κ1) is 11.0. The van der Waals surface area contributed by atoms with Gasteiger partial charge in [0.15, 0.2) is 0 Å². The molecule has 0 bridgehead atoms. The summed E-state index contributed by atoms with van der Waals surface area (Å²) in [5, 5.41) is 3.40. The largest absolute Gasteiger partial charge is 0.368 e. The van der Waals surface area contributed by atoms with Gasteiger partial charge < -0.3 is 11.1 Å². The van der Waals surface area contributed by atoms with Crippen LogP contribution in [0.2, 0.25) is 0 Å². The Balaban J connectivity index is 2.05. The number of nitrogens with zero attached hydrogens (tertiary/aromatic N) is 2. The normalized spacial score (nSPS) is 17.7. The van der Waals surface area contributed by atoms with Crippen molar-refractivity contribution in [2.75, 3.05) is 22.6 Å². The molecule has 0 atom stereocenters. The van der Waals surface area contributed by atoms with Crippen molar-refractivity contribution in [1.82, 2.24) is 9.97 Å². The molecule has 1 aromatic heterocycles. The Hall–Kier alpha value is -0.490. The molecule has 1 aliphatic heterocycles. The number of nitrogens with one attached hydrogen (secondary N) is 1. The highest BCUT2D eigenvalue weighted by Crippen LogP contribution is 2.24. The lowest BCUT2D eigenvalue weighted by molar-refractivity contribution is 0.663. The van der Waals surface area contributed by atoms with Crippen LogP contribution < -0.4 is 11.1 Å². The van der Waals surface area contributed by atoms with E-state index in [4.69, 9.17) is 5.73 Å². The third-order valence-electron chi connectivity index (χ3n) is 2.32. The van der Waals surface area contributed by atoms with Gasteiger partial charge in [-0.2, -0.15) is 16.7 Å². The summed E-state index contributed by atoms with van der Waals surface area (Å²) in [6.45, 7) is 0. The van der Waals surface area contributed by atoms with Crippen molar-refractivity contribution < 1.29 is 0 Å². The Morgan fingerprint density at radius 2 is 2.20 bits per heavy atom. The molecule has 0 saturated carbocycles. The molecule has 2 rings (SSSR count). The highest BCUT2D eigenvalue weighted by Gasteiger charge is 2.15. The number of aromatic nitrogens is 2. The molecule has 4 nitrogen and oxygen atoms in total. The van der Waals surface area contributed by atoms with E-state index in [-0.39, 0.29) is 0 Å². The summed E-state index contributed by atoms with van der Waals surface area (Å²) in [4.78, 5) is 8.08. The summed E-state index contributed by atoms with van der Waals surface area (Å²) in [7, 11) is 0. The fraction of sp³-hybridized carbons (Fsp3) is 0.556. The Morgan fingerprint density at radius 1 is 1.47 bits per heavy atom. The molecule has 0 aliphatic carbocycles. The maximum absolute atomic E-state index is 5.55. The summed E-state index contributed by atoms with van der Waals surface area (Å²) in [5.74, 6) is 3.55. The number of nitrogens with two attached hydrogens (primary N) is 1. The lowest BCUT2D eigenvalue weighted by atomic mass is 10.1. The third kappa shape index (κ3) is 2.98. The Kier molecular flexibility index (Phi) is 3.69. The number of hydrogen-bond donors (Lipinski definition) is 2. The fourth-order valence-electron chi connectivity index (χ4n) is 1.52. The van der Waals surface area contributed by atoms with E-state index in [0.717, 1.165) is 10.3 Å². The van der Waals surface area contributed by atoms with Crippen LogP contribution in [0.15, 0.2) is 10.7 Å². The molecule has 1 saturated heterocycles. The number of hydrogen-bond acceptors (Lipinski definition) is 5. The van der Waals surface area contributed by atoms with Crippen LogP contribution in [0.4, 0.5) is 11.8 Å². The van der Waals surface area contributed by atoms with Gasteiger partial charge in [0.1, 0.15) is 5.82 Å². The smallest absolute Gasteiger partial charge is 0.221 e.